The zero-order chi connectivity index (χ0) is 23.7. The van der Waals surface area contributed by atoms with Crippen molar-refractivity contribution in [2.75, 3.05) is 18.1 Å². The average molecular weight is 471 g/mol. The maximum absolute atomic E-state index is 13.7. The Labute approximate surface area is 203 Å². The molecule has 0 spiro atoms. The molecule has 0 aliphatic carbocycles. The molecule has 1 unspecified atom stereocenters. The van der Waals surface area contributed by atoms with Crippen molar-refractivity contribution in [2.45, 2.75) is 32.8 Å². The number of hydrogen-bond acceptors (Lipinski definition) is 5. The van der Waals surface area contributed by atoms with E-state index in [1.54, 1.807) is 41.3 Å². The average Bonchev–Trinajstić information content (AvgIpc) is 3.55. The van der Waals surface area contributed by atoms with Gasteiger partial charge in [0.15, 0.2) is 10.9 Å². The van der Waals surface area contributed by atoms with Gasteiger partial charge in [-0.1, -0.05) is 59.9 Å². The molecule has 5 rings (SSSR count). The van der Waals surface area contributed by atoms with E-state index in [2.05, 4.69) is 26.0 Å². The van der Waals surface area contributed by atoms with Crippen LogP contribution in [0.25, 0.3) is 10.2 Å². The molecule has 3 aromatic carbocycles. The molecular formula is C28H26N2O3S. The van der Waals surface area contributed by atoms with Crippen LogP contribution in [0.1, 0.15) is 50.2 Å². The molecule has 1 saturated heterocycles. The van der Waals surface area contributed by atoms with Crippen molar-refractivity contribution in [1.82, 2.24) is 4.98 Å². The fourth-order valence-corrected chi connectivity index (χ4v) is 5.28. The number of hydrogen-bond donors (Lipinski definition) is 0. The van der Waals surface area contributed by atoms with E-state index < -0.39 is 0 Å². The largest absolute Gasteiger partial charge is 0.376 e. The standard InChI is InChI=1S/C28H26N2O3S/c1-18-10-15-24-25(19(18)2)29-28(34-24)30(17-23-9-6-16-33-23)27(32)22-13-11-21(12-14-22)26(31)20-7-4-3-5-8-20/h3-5,7-8,10-15,23H,6,9,16-17H2,1-2H3. The van der Waals surface area contributed by atoms with Gasteiger partial charge in [0.2, 0.25) is 0 Å². The minimum Gasteiger partial charge on any atom is -0.376 e. The van der Waals surface area contributed by atoms with E-state index in [0.717, 1.165) is 35.2 Å². The lowest BCUT2D eigenvalue weighted by atomic mass is 10.0. The minimum absolute atomic E-state index is 0.00210. The van der Waals surface area contributed by atoms with Crippen LogP contribution in [0.15, 0.2) is 66.7 Å². The number of amides is 1. The number of aromatic nitrogens is 1. The third kappa shape index (κ3) is 4.39. The van der Waals surface area contributed by atoms with Crippen LogP contribution in [0.5, 0.6) is 0 Å². The van der Waals surface area contributed by atoms with E-state index in [-0.39, 0.29) is 17.8 Å². The number of ketones is 1. The molecule has 0 saturated carbocycles. The van der Waals surface area contributed by atoms with Gasteiger partial charge in [0.05, 0.1) is 22.9 Å². The molecule has 2 heterocycles. The quantitative estimate of drug-likeness (QED) is 0.326. The Kier molecular flexibility index (Phi) is 6.26. The SMILES string of the molecule is Cc1ccc2sc(N(CC3CCCO3)C(=O)c3ccc(C(=O)c4ccccc4)cc3)nc2c1C. The predicted molar refractivity (Wildman–Crippen MR) is 136 cm³/mol. The van der Waals surface area contributed by atoms with Gasteiger partial charge in [0, 0.05) is 23.3 Å². The molecule has 0 bridgehead atoms. The number of ether oxygens (including phenoxy) is 1. The maximum Gasteiger partial charge on any atom is 0.260 e. The molecule has 0 radical (unpaired) electrons. The maximum atomic E-state index is 13.7. The van der Waals surface area contributed by atoms with Gasteiger partial charge in [-0.2, -0.15) is 0 Å². The Morgan fingerprint density at radius 2 is 1.68 bits per heavy atom. The van der Waals surface area contributed by atoms with Gasteiger partial charge in [-0.05, 0) is 56.0 Å². The first-order valence-electron chi connectivity index (χ1n) is 11.5. The second kappa shape index (κ2) is 9.49. The smallest absolute Gasteiger partial charge is 0.260 e. The third-order valence-corrected chi connectivity index (χ3v) is 7.43. The molecule has 34 heavy (non-hydrogen) atoms. The monoisotopic (exact) mass is 470 g/mol. The highest BCUT2D eigenvalue weighted by Crippen LogP contribution is 2.33. The topological polar surface area (TPSA) is 59.5 Å². The Morgan fingerprint density at radius 1 is 0.971 bits per heavy atom. The lowest BCUT2D eigenvalue weighted by Gasteiger charge is -2.23. The summed E-state index contributed by atoms with van der Waals surface area (Å²) in [6.07, 6.45) is 1.93. The summed E-state index contributed by atoms with van der Waals surface area (Å²) in [7, 11) is 0. The summed E-state index contributed by atoms with van der Waals surface area (Å²) < 4.78 is 6.91. The van der Waals surface area contributed by atoms with Crippen LogP contribution in [0.3, 0.4) is 0 Å². The summed E-state index contributed by atoms with van der Waals surface area (Å²) in [6.45, 7) is 5.32. The summed E-state index contributed by atoms with van der Waals surface area (Å²) >= 11 is 1.52. The van der Waals surface area contributed by atoms with Crippen LogP contribution in [0.2, 0.25) is 0 Å². The number of carbonyl (C=O) groups excluding carboxylic acids is 2. The highest BCUT2D eigenvalue weighted by Gasteiger charge is 2.27. The molecule has 1 aliphatic heterocycles. The number of carbonyl (C=O) groups is 2. The van der Waals surface area contributed by atoms with Crippen LogP contribution < -0.4 is 4.90 Å². The zero-order valence-corrected chi connectivity index (χ0v) is 20.1. The number of aryl methyl sites for hydroxylation is 2. The van der Waals surface area contributed by atoms with Gasteiger partial charge >= 0.3 is 0 Å². The van der Waals surface area contributed by atoms with Gasteiger partial charge in [0.1, 0.15) is 0 Å². The highest BCUT2D eigenvalue weighted by atomic mass is 32.1. The van der Waals surface area contributed by atoms with E-state index in [1.165, 1.54) is 16.9 Å². The summed E-state index contributed by atoms with van der Waals surface area (Å²) in [5.74, 6) is -0.199. The summed E-state index contributed by atoms with van der Waals surface area (Å²) in [4.78, 5) is 33.0. The minimum atomic E-state index is -0.136. The second-order valence-electron chi connectivity index (χ2n) is 8.67. The fourth-order valence-electron chi connectivity index (χ4n) is 4.25. The number of thiazole rings is 1. The van der Waals surface area contributed by atoms with Crippen LogP contribution in [0, 0.1) is 13.8 Å². The van der Waals surface area contributed by atoms with Crippen LogP contribution in [-0.2, 0) is 4.74 Å². The van der Waals surface area contributed by atoms with Crippen LogP contribution >= 0.6 is 11.3 Å². The lowest BCUT2D eigenvalue weighted by molar-refractivity contribution is 0.0917. The Morgan fingerprint density at radius 3 is 2.38 bits per heavy atom. The first kappa shape index (κ1) is 22.4. The molecule has 1 aliphatic rings. The lowest BCUT2D eigenvalue weighted by Crippen LogP contribution is -2.37. The second-order valence-corrected chi connectivity index (χ2v) is 9.68. The Bertz CT molecular complexity index is 1340. The number of anilines is 1. The first-order valence-corrected chi connectivity index (χ1v) is 12.3. The van der Waals surface area contributed by atoms with Gasteiger partial charge in [0.25, 0.3) is 5.91 Å². The van der Waals surface area contributed by atoms with Crippen molar-refractivity contribution in [3.63, 3.8) is 0 Å². The fraction of sp³-hybridized carbons (Fsp3) is 0.250. The molecule has 4 aromatic rings. The van der Waals surface area contributed by atoms with Gasteiger partial charge in [-0.3, -0.25) is 14.5 Å². The van der Waals surface area contributed by atoms with Gasteiger partial charge in [-0.25, -0.2) is 4.98 Å². The Hall–Kier alpha value is -3.35. The number of nitrogens with zero attached hydrogens (tertiary/aromatic N) is 2. The molecule has 1 atom stereocenters. The van der Waals surface area contributed by atoms with Crippen molar-refractivity contribution in [3.8, 4) is 0 Å². The van der Waals surface area contributed by atoms with E-state index in [9.17, 15) is 9.59 Å². The molecule has 172 valence electrons. The van der Waals surface area contributed by atoms with E-state index in [0.29, 0.717) is 28.4 Å². The van der Waals surface area contributed by atoms with E-state index >= 15 is 0 Å². The van der Waals surface area contributed by atoms with Crippen molar-refractivity contribution in [1.29, 1.82) is 0 Å². The third-order valence-electron chi connectivity index (χ3n) is 6.39. The summed E-state index contributed by atoms with van der Waals surface area (Å²) in [5, 5.41) is 0.675. The normalized spacial score (nSPS) is 15.5. The molecular weight excluding hydrogens is 444 g/mol. The van der Waals surface area contributed by atoms with Gasteiger partial charge < -0.3 is 4.74 Å². The Balaban J connectivity index is 1.46. The van der Waals surface area contributed by atoms with Crippen LogP contribution in [0.4, 0.5) is 5.13 Å². The number of rotatable bonds is 6. The molecule has 5 nitrogen and oxygen atoms in total. The molecule has 1 aromatic heterocycles. The first-order chi connectivity index (χ1) is 16.5. The van der Waals surface area contributed by atoms with Crippen molar-refractivity contribution in [3.05, 3.63) is 94.5 Å². The van der Waals surface area contributed by atoms with Crippen molar-refractivity contribution in [2.24, 2.45) is 0 Å². The highest BCUT2D eigenvalue weighted by molar-refractivity contribution is 7.22. The van der Waals surface area contributed by atoms with Crippen molar-refractivity contribution < 1.29 is 14.3 Å². The van der Waals surface area contributed by atoms with Crippen molar-refractivity contribution >= 4 is 38.4 Å². The van der Waals surface area contributed by atoms with E-state index in [1.807, 2.05) is 18.2 Å². The number of benzene rings is 3. The van der Waals surface area contributed by atoms with E-state index in [4.69, 9.17) is 9.72 Å². The van der Waals surface area contributed by atoms with Gasteiger partial charge in [-0.15, -0.1) is 0 Å². The summed E-state index contributed by atoms with van der Waals surface area (Å²) in [6, 6.07) is 20.2. The molecule has 1 amide bonds. The number of fused-ring (bicyclic) bond motifs is 1. The molecule has 6 heteroatoms. The molecule has 0 N–H and O–H groups in total. The van der Waals surface area contributed by atoms with Crippen LogP contribution in [-0.4, -0.2) is 35.9 Å². The predicted octanol–water partition coefficient (Wildman–Crippen LogP) is 5.97. The summed E-state index contributed by atoms with van der Waals surface area (Å²) in [5.41, 5.74) is 4.96. The molecule has 1 fully saturated rings. The zero-order valence-electron chi connectivity index (χ0n) is 19.3.